The number of imidazole rings is 1. The molecule has 2 N–H and O–H groups in total. The van der Waals surface area contributed by atoms with E-state index in [1.165, 1.54) is 0 Å². The Hall–Kier alpha value is -2.34. The number of nitrogens with zero attached hydrogens (tertiary/aromatic N) is 2. The summed E-state index contributed by atoms with van der Waals surface area (Å²) in [5.41, 5.74) is 1.52. The molecular formula is C15H20N4O2. The largest absolute Gasteiger partial charge is 0.497 e. The topological polar surface area (TPSA) is 70.2 Å². The first-order valence-corrected chi connectivity index (χ1v) is 6.72. The maximum absolute atomic E-state index is 12.0. The first kappa shape index (κ1) is 15.1. The summed E-state index contributed by atoms with van der Waals surface area (Å²) in [7, 11) is 5.47. The van der Waals surface area contributed by atoms with Crippen molar-refractivity contribution in [2.24, 2.45) is 0 Å². The lowest BCUT2D eigenvalue weighted by Gasteiger charge is -2.13. The fraction of sp³-hybridized carbons (Fsp3) is 0.333. The van der Waals surface area contributed by atoms with Gasteiger partial charge in [0.25, 0.3) is 0 Å². The molecule has 2 rings (SSSR count). The average molecular weight is 288 g/mol. The molecular weight excluding hydrogens is 268 g/mol. The van der Waals surface area contributed by atoms with Gasteiger partial charge in [0.05, 0.1) is 12.8 Å². The minimum absolute atomic E-state index is 0.0373. The highest BCUT2D eigenvalue weighted by molar-refractivity contribution is 5.95. The molecule has 0 saturated heterocycles. The minimum Gasteiger partial charge on any atom is -0.497 e. The number of amides is 1. The van der Waals surface area contributed by atoms with Crippen LogP contribution < -0.4 is 10.1 Å². The summed E-state index contributed by atoms with van der Waals surface area (Å²) >= 11 is 0. The minimum atomic E-state index is -0.0373. The van der Waals surface area contributed by atoms with Crippen molar-refractivity contribution in [3.05, 3.63) is 30.6 Å². The number of carbonyl (C=O) groups is 1. The molecule has 0 spiro atoms. The number of anilines is 1. The molecule has 0 radical (unpaired) electrons. The molecule has 21 heavy (non-hydrogen) atoms. The predicted octanol–water partition coefficient (Wildman–Crippen LogP) is 1.98. The molecule has 0 saturated carbocycles. The van der Waals surface area contributed by atoms with Crippen LogP contribution in [0.3, 0.4) is 0 Å². The Balaban J connectivity index is 2.21. The van der Waals surface area contributed by atoms with E-state index in [4.69, 9.17) is 4.74 Å². The van der Waals surface area contributed by atoms with Crippen LogP contribution in [0.2, 0.25) is 0 Å². The second-order valence-electron chi connectivity index (χ2n) is 4.95. The van der Waals surface area contributed by atoms with Gasteiger partial charge in [-0.25, -0.2) is 4.98 Å². The molecule has 112 valence electrons. The standard InChI is InChI=1S/C15H20N4O2/c1-19(2)9-6-14(20)18-13-10-11(21-3)4-5-12(13)15-16-7-8-17-15/h4-5,7-8,10H,6,9H2,1-3H3,(H,16,17)(H,18,20). The Morgan fingerprint density at radius 1 is 1.43 bits per heavy atom. The molecule has 6 nitrogen and oxygen atoms in total. The molecule has 1 aromatic heterocycles. The highest BCUT2D eigenvalue weighted by atomic mass is 16.5. The van der Waals surface area contributed by atoms with Crippen molar-refractivity contribution in [1.82, 2.24) is 14.9 Å². The summed E-state index contributed by atoms with van der Waals surface area (Å²) in [4.78, 5) is 21.3. The van der Waals surface area contributed by atoms with Gasteiger partial charge in [-0.05, 0) is 26.2 Å². The molecule has 0 unspecified atom stereocenters. The maximum atomic E-state index is 12.0. The van der Waals surface area contributed by atoms with E-state index < -0.39 is 0 Å². The molecule has 0 bridgehead atoms. The summed E-state index contributed by atoms with van der Waals surface area (Å²) in [5, 5.41) is 2.92. The molecule has 1 amide bonds. The molecule has 2 aromatic rings. The van der Waals surface area contributed by atoms with Gasteiger partial charge in [0.15, 0.2) is 0 Å². The number of hydrogen-bond donors (Lipinski definition) is 2. The van der Waals surface area contributed by atoms with Crippen molar-refractivity contribution in [2.75, 3.05) is 33.1 Å². The van der Waals surface area contributed by atoms with E-state index in [-0.39, 0.29) is 5.91 Å². The first-order chi connectivity index (χ1) is 10.1. The van der Waals surface area contributed by atoms with Crippen LogP contribution >= 0.6 is 0 Å². The molecule has 1 aromatic carbocycles. The monoisotopic (exact) mass is 288 g/mol. The van der Waals surface area contributed by atoms with Crippen LogP contribution in [0, 0.1) is 0 Å². The Bertz CT molecular complexity index is 594. The molecule has 0 fully saturated rings. The van der Waals surface area contributed by atoms with Gasteiger partial charge in [0, 0.05) is 37.0 Å². The van der Waals surface area contributed by atoms with E-state index in [1.807, 2.05) is 31.1 Å². The van der Waals surface area contributed by atoms with Crippen molar-refractivity contribution in [3.63, 3.8) is 0 Å². The molecule has 0 atom stereocenters. The van der Waals surface area contributed by atoms with Crippen LogP contribution in [-0.4, -0.2) is 48.5 Å². The van der Waals surface area contributed by atoms with Gasteiger partial charge >= 0.3 is 0 Å². The molecule has 6 heteroatoms. The Kier molecular flexibility index (Phi) is 4.94. The quantitative estimate of drug-likeness (QED) is 0.852. The molecule has 0 aliphatic heterocycles. The fourth-order valence-electron chi connectivity index (χ4n) is 1.91. The highest BCUT2D eigenvalue weighted by Gasteiger charge is 2.12. The van der Waals surface area contributed by atoms with Crippen molar-refractivity contribution in [2.45, 2.75) is 6.42 Å². The number of benzene rings is 1. The van der Waals surface area contributed by atoms with E-state index in [2.05, 4.69) is 15.3 Å². The maximum Gasteiger partial charge on any atom is 0.225 e. The average Bonchev–Trinajstić information content (AvgIpc) is 2.99. The third-order valence-electron chi connectivity index (χ3n) is 3.04. The summed E-state index contributed by atoms with van der Waals surface area (Å²) in [5.74, 6) is 1.36. The number of ether oxygens (including phenoxy) is 1. The summed E-state index contributed by atoms with van der Waals surface area (Å²) in [6.45, 7) is 0.700. The van der Waals surface area contributed by atoms with Gasteiger partial charge < -0.3 is 19.9 Å². The summed E-state index contributed by atoms with van der Waals surface area (Å²) in [6, 6.07) is 5.51. The number of nitrogens with one attached hydrogen (secondary N) is 2. The Morgan fingerprint density at radius 2 is 2.24 bits per heavy atom. The summed E-state index contributed by atoms with van der Waals surface area (Å²) < 4.78 is 5.22. The van der Waals surface area contributed by atoms with Crippen LogP contribution in [0.1, 0.15) is 6.42 Å². The van der Waals surface area contributed by atoms with Crippen LogP contribution in [-0.2, 0) is 4.79 Å². The number of carbonyl (C=O) groups excluding carboxylic acids is 1. The summed E-state index contributed by atoms with van der Waals surface area (Å²) in [6.07, 6.45) is 3.86. The third-order valence-corrected chi connectivity index (χ3v) is 3.04. The Morgan fingerprint density at radius 3 is 2.86 bits per heavy atom. The fourth-order valence-corrected chi connectivity index (χ4v) is 1.91. The number of hydrogen-bond acceptors (Lipinski definition) is 4. The highest BCUT2D eigenvalue weighted by Crippen LogP contribution is 2.29. The van der Waals surface area contributed by atoms with Gasteiger partial charge in [-0.15, -0.1) is 0 Å². The van der Waals surface area contributed by atoms with Gasteiger partial charge in [0.2, 0.25) is 5.91 Å². The number of H-pyrrole nitrogens is 1. The van der Waals surface area contributed by atoms with Crippen LogP contribution in [0.25, 0.3) is 11.4 Å². The third kappa shape index (κ3) is 4.06. The number of aromatic nitrogens is 2. The van der Waals surface area contributed by atoms with Gasteiger partial charge in [-0.3, -0.25) is 4.79 Å². The second-order valence-corrected chi connectivity index (χ2v) is 4.95. The molecule has 1 heterocycles. The molecule has 0 aliphatic rings. The smallest absolute Gasteiger partial charge is 0.225 e. The Labute approximate surface area is 124 Å². The lowest BCUT2D eigenvalue weighted by molar-refractivity contribution is -0.116. The number of rotatable bonds is 6. The van der Waals surface area contributed by atoms with Crippen molar-refractivity contribution < 1.29 is 9.53 Å². The second kappa shape index (κ2) is 6.90. The normalized spacial score (nSPS) is 10.7. The van der Waals surface area contributed by atoms with Gasteiger partial charge in [-0.2, -0.15) is 0 Å². The SMILES string of the molecule is COc1ccc(-c2ncc[nH]2)c(NC(=O)CCN(C)C)c1. The lowest BCUT2D eigenvalue weighted by atomic mass is 10.1. The van der Waals surface area contributed by atoms with Gasteiger partial charge in [-0.1, -0.05) is 0 Å². The van der Waals surface area contributed by atoms with Crippen LogP contribution in [0.15, 0.2) is 30.6 Å². The van der Waals surface area contributed by atoms with E-state index in [0.29, 0.717) is 30.2 Å². The van der Waals surface area contributed by atoms with Crippen molar-refractivity contribution >= 4 is 11.6 Å². The zero-order valence-electron chi connectivity index (χ0n) is 12.5. The zero-order chi connectivity index (χ0) is 15.2. The van der Waals surface area contributed by atoms with Crippen LogP contribution in [0.4, 0.5) is 5.69 Å². The molecule has 0 aliphatic carbocycles. The van der Waals surface area contributed by atoms with Crippen molar-refractivity contribution in [1.29, 1.82) is 0 Å². The van der Waals surface area contributed by atoms with E-state index in [1.54, 1.807) is 25.6 Å². The predicted molar refractivity (Wildman–Crippen MR) is 82.4 cm³/mol. The van der Waals surface area contributed by atoms with E-state index in [0.717, 1.165) is 5.56 Å². The van der Waals surface area contributed by atoms with E-state index in [9.17, 15) is 4.79 Å². The first-order valence-electron chi connectivity index (χ1n) is 6.72. The lowest BCUT2D eigenvalue weighted by Crippen LogP contribution is -2.21. The van der Waals surface area contributed by atoms with E-state index >= 15 is 0 Å². The van der Waals surface area contributed by atoms with Crippen LogP contribution in [0.5, 0.6) is 5.75 Å². The number of aromatic amines is 1. The van der Waals surface area contributed by atoms with Crippen molar-refractivity contribution in [3.8, 4) is 17.1 Å². The number of methoxy groups -OCH3 is 1. The zero-order valence-corrected chi connectivity index (χ0v) is 12.5. The van der Waals surface area contributed by atoms with Gasteiger partial charge in [0.1, 0.15) is 11.6 Å².